The molecular formula is C20H33IN4O3. The number of halogens is 1. The smallest absolute Gasteiger partial charge is 0.409 e. The maximum absolute atomic E-state index is 11.8. The summed E-state index contributed by atoms with van der Waals surface area (Å²) in [5.41, 5.74) is 1.27. The van der Waals surface area contributed by atoms with Crippen LogP contribution in [0.3, 0.4) is 0 Å². The quantitative estimate of drug-likeness (QED) is 0.259. The maximum atomic E-state index is 11.8. The van der Waals surface area contributed by atoms with Crippen molar-refractivity contribution in [3.63, 3.8) is 0 Å². The van der Waals surface area contributed by atoms with Crippen molar-refractivity contribution in [1.29, 1.82) is 0 Å². The molecule has 2 rings (SSSR count). The summed E-state index contributed by atoms with van der Waals surface area (Å²) < 4.78 is 10.3. The van der Waals surface area contributed by atoms with Crippen LogP contribution < -0.4 is 15.4 Å². The van der Waals surface area contributed by atoms with Gasteiger partial charge in [-0.1, -0.05) is 12.1 Å². The Kier molecular flexibility index (Phi) is 11.7. The molecular weight excluding hydrogens is 471 g/mol. The first-order valence-corrected chi connectivity index (χ1v) is 9.68. The van der Waals surface area contributed by atoms with E-state index in [1.807, 2.05) is 19.1 Å². The fraction of sp³-hybridized carbons (Fsp3) is 0.600. The number of carbonyl (C=O) groups excluding carboxylic acids is 1. The van der Waals surface area contributed by atoms with Gasteiger partial charge in [-0.3, -0.25) is 4.99 Å². The van der Waals surface area contributed by atoms with Crippen LogP contribution in [0.1, 0.15) is 31.7 Å². The number of amides is 1. The summed E-state index contributed by atoms with van der Waals surface area (Å²) >= 11 is 0. The molecule has 1 aromatic carbocycles. The molecule has 0 saturated carbocycles. The Morgan fingerprint density at radius 3 is 2.71 bits per heavy atom. The first kappa shape index (κ1) is 24.3. The van der Waals surface area contributed by atoms with E-state index in [0.717, 1.165) is 43.9 Å². The molecule has 1 aromatic rings. The number of methoxy groups -OCH3 is 1. The molecule has 1 aliphatic rings. The predicted molar refractivity (Wildman–Crippen MR) is 123 cm³/mol. The number of aliphatic imine (C=N–C) groups is 1. The molecule has 1 heterocycles. The van der Waals surface area contributed by atoms with Crippen molar-refractivity contribution in [2.45, 2.75) is 38.6 Å². The van der Waals surface area contributed by atoms with E-state index in [1.165, 1.54) is 5.56 Å². The van der Waals surface area contributed by atoms with E-state index in [4.69, 9.17) is 9.47 Å². The van der Waals surface area contributed by atoms with E-state index < -0.39 is 0 Å². The highest BCUT2D eigenvalue weighted by Crippen LogP contribution is 2.14. The number of likely N-dealkylation sites (tertiary alicyclic amines) is 1. The van der Waals surface area contributed by atoms with Crippen LogP contribution >= 0.6 is 24.0 Å². The normalized spacial score (nSPS) is 14.8. The van der Waals surface area contributed by atoms with Gasteiger partial charge in [0, 0.05) is 32.7 Å². The van der Waals surface area contributed by atoms with Gasteiger partial charge in [-0.15, -0.1) is 24.0 Å². The van der Waals surface area contributed by atoms with Gasteiger partial charge < -0.3 is 25.0 Å². The number of nitrogens with one attached hydrogen (secondary N) is 2. The molecule has 0 aliphatic carbocycles. The minimum absolute atomic E-state index is 0. The second-order valence-corrected chi connectivity index (χ2v) is 6.56. The zero-order chi connectivity index (χ0) is 19.5. The number of rotatable bonds is 7. The number of ether oxygens (including phenoxy) is 2. The summed E-state index contributed by atoms with van der Waals surface area (Å²) in [4.78, 5) is 17.8. The molecule has 1 fully saturated rings. The average Bonchev–Trinajstić information content (AvgIpc) is 2.71. The third kappa shape index (κ3) is 8.12. The maximum Gasteiger partial charge on any atom is 0.409 e. The first-order chi connectivity index (χ1) is 13.2. The van der Waals surface area contributed by atoms with Crippen LogP contribution in [0.2, 0.25) is 0 Å². The lowest BCUT2D eigenvalue weighted by Gasteiger charge is -2.32. The Morgan fingerprint density at radius 2 is 2.07 bits per heavy atom. The molecule has 2 N–H and O–H groups in total. The summed E-state index contributed by atoms with van der Waals surface area (Å²) in [6.45, 7) is 4.52. The number of hydrogen-bond acceptors (Lipinski definition) is 4. The molecule has 1 aliphatic heterocycles. The molecule has 158 valence electrons. The van der Waals surface area contributed by atoms with Gasteiger partial charge in [0.25, 0.3) is 0 Å². The van der Waals surface area contributed by atoms with E-state index >= 15 is 0 Å². The summed E-state index contributed by atoms with van der Waals surface area (Å²) in [6.07, 6.45) is 3.57. The van der Waals surface area contributed by atoms with Gasteiger partial charge in [0.2, 0.25) is 0 Å². The number of piperidine rings is 1. The van der Waals surface area contributed by atoms with Gasteiger partial charge in [-0.2, -0.15) is 0 Å². The molecule has 1 saturated heterocycles. The number of aryl methyl sites for hydroxylation is 1. The fourth-order valence-electron chi connectivity index (χ4n) is 3.14. The summed E-state index contributed by atoms with van der Waals surface area (Å²) in [5, 5.41) is 6.83. The van der Waals surface area contributed by atoms with E-state index in [2.05, 4.69) is 27.8 Å². The number of hydrogen-bond donors (Lipinski definition) is 2. The summed E-state index contributed by atoms with van der Waals surface area (Å²) in [7, 11) is 3.47. The Labute approximate surface area is 185 Å². The second-order valence-electron chi connectivity index (χ2n) is 6.56. The minimum atomic E-state index is -0.212. The Hall–Kier alpha value is -1.71. The fourth-order valence-corrected chi connectivity index (χ4v) is 3.14. The molecule has 1 amide bonds. The van der Waals surface area contributed by atoms with E-state index in [-0.39, 0.29) is 30.1 Å². The summed E-state index contributed by atoms with van der Waals surface area (Å²) in [5.74, 6) is 1.71. The number of guanidine groups is 1. The van der Waals surface area contributed by atoms with Crippen molar-refractivity contribution in [3.05, 3.63) is 29.8 Å². The third-order valence-corrected chi connectivity index (χ3v) is 4.65. The lowest BCUT2D eigenvalue weighted by atomic mass is 10.1. The largest absolute Gasteiger partial charge is 0.497 e. The topological polar surface area (TPSA) is 75.2 Å². The lowest BCUT2D eigenvalue weighted by molar-refractivity contribution is 0.0963. The third-order valence-electron chi connectivity index (χ3n) is 4.65. The van der Waals surface area contributed by atoms with Crippen LogP contribution in [-0.4, -0.2) is 63.4 Å². The number of carbonyl (C=O) groups is 1. The molecule has 0 radical (unpaired) electrons. The average molecular weight is 504 g/mol. The van der Waals surface area contributed by atoms with E-state index in [0.29, 0.717) is 25.7 Å². The summed E-state index contributed by atoms with van der Waals surface area (Å²) in [6, 6.07) is 8.49. The van der Waals surface area contributed by atoms with Gasteiger partial charge in [0.1, 0.15) is 5.75 Å². The lowest BCUT2D eigenvalue weighted by Crippen LogP contribution is -2.50. The van der Waals surface area contributed by atoms with Crippen LogP contribution in [-0.2, 0) is 11.2 Å². The van der Waals surface area contributed by atoms with Crippen molar-refractivity contribution >= 4 is 36.0 Å². The van der Waals surface area contributed by atoms with E-state index in [9.17, 15) is 4.79 Å². The van der Waals surface area contributed by atoms with Crippen molar-refractivity contribution < 1.29 is 14.3 Å². The zero-order valence-corrected chi connectivity index (χ0v) is 19.4. The number of nitrogens with zero attached hydrogens (tertiary/aromatic N) is 2. The van der Waals surface area contributed by atoms with Crippen LogP contribution in [0.25, 0.3) is 0 Å². The van der Waals surface area contributed by atoms with Crippen molar-refractivity contribution in [3.8, 4) is 5.75 Å². The molecule has 0 spiro atoms. The monoisotopic (exact) mass is 504 g/mol. The molecule has 0 aromatic heterocycles. The molecule has 28 heavy (non-hydrogen) atoms. The first-order valence-electron chi connectivity index (χ1n) is 9.68. The van der Waals surface area contributed by atoms with E-state index in [1.54, 1.807) is 19.1 Å². The predicted octanol–water partition coefficient (Wildman–Crippen LogP) is 3.03. The molecule has 0 atom stereocenters. The Bertz CT molecular complexity index is 619. The van der Waals surface area contributed by atoms with Crippen molar-refractivity contribution in [1.82, 2.24) is 15.5 Å². The molecule has 0 unspecified atom stereocenters. The van der Waals surface area contributed by atoms with Gasteiger partial charge >= 0.3 is 6.09 Å². The Balaban J connectivity index is 0.00000392. The van der Waals surface area contributed by atoms with Crippen LogP contribution in [0.4, 0.5) is 4.79 Å². The SMILES string of the molecule is CCOC(=O)N1CCC(NC(=NC)NCCCc2cccc(OC)c2)CC1.I. The van der Waals surface area contributed by atoms with Crippen LogP contribution in [0, 0.1) is 0 Å². The van der Waals surface area contributed by atoms with Crippen LogP contribution in [0.5, 0.6) is 5.75 Å². The minimum Gasteiger partial charge on any atom is -0.497 e. The van der Waals surface area contributed by atoms with Crippen molar-refractivity contribution in [2.75, 3.05) is 40.4 Å². The van der Waals surface area contributed by atoms with Gasteiger partial charge in [-0.05, 0) is 50.3 Å². The van der Waals surface area contributed by atoms with Gasteiger partial charge in [0.05, 0.1) is 13.7 Å². The van der Waals surface area contributed by atoms with Crippen LogP contribution in [0.15, 0.2) is 29.3 Å². The highest BCUT2D eigenvalue weighted by molar-refractivity contribution is 14.0. The molecule has 0 bridgehead atoms. The molecule has 7 nitrogen and oxygen atoms in total. The number of benzene rings is 1. The highest BCUT2D eigenvalue weighted by atomic mass is 127. The highest BCUT2D eigenvalue weighted by Gasteiger charge is 2.23. The Morgan fingerprint density at radius 1 is 1.32 bits per heavy atom. The van der Waals surface area contributed by atoms with Crippen molar-refractivity contribution in [2.24, 2.45) is 4.99 Å². The molecule has 8 heteroatoms. The standard InChI is InChI=1S/C20H32N4O3.HI/c1-4-27-20(25)24-13-10-17(11-14-24)23-19(21-2)22-12-6-8-16-7-5-9-18(15-16)26-3;/h5,7,9,15,17H,4,6,8,10-14H2,1-3H3,(H2,21,22,23);1H. The zero-order valence-electron chi connectivity index (χ0n) is 17.1. The van der Waals surface area contributed by atoms with Gasteiger partial charge in [0.15, 0.2) is 5.96 Å². The van der Waals surface area contributed by atoms with Gasteiger partial charge in [-0.25, -0.2) is 4.79 Å². The second kappa shape index (κ2) is 13.5.